The van der Waals surface area contributed by atoms with E-state index in [4.69, 9.17) is 23.2 Å². The molecule has 0 aliphatic carbocycles. The number of hydrogen-bond acceptors (Lipinski definition) is 3. The third kappa shape index (κ3) is 1.94. The molecule has 1 aliphatic heterocycles. The third-order valence-electron chi connectivity index (χ3n) is 1.61. The van der Waals surface area contributed by atoms with Gasteiger partial charge in [0.15, 0.2) is 11.1 Å². The van der Waals surface area contributed by atoms with E-state index in [1.165, 1.54) is 0 Å². The van der Waals surface area contributed by atoms with Gasteiger partial charge in [-0.2, -0.15) is 0 Å². The highest BCUT2D eigenvalue weighted by Gasteiger charge is 2.50. The molecule has 0 bridgehead atoms. The average Bonchev–Trinajstić information content (AvgIpc) is 1.82. The first-order valence-electron chi connectivity index (χ1n) is 3.20. The van der Waals surface area contributed by atoms with Crippen LogP contribution < -0.4 is 0 Å². The summed E-state index contributed by atoms with van der Waals surface area (Å²) in [6.07, 6.45) is 0. The summed E-state index contributed by atoms with van der Waals surface area (Å²) in [4.78, 5) is 0. The SMILES string of the molecule is CC1(C)C(Cl)OP(=O)(F)OC1Cl. The molecule has 1 aliphatic rings. The van der Waals surface area contributed by atoms with Crippen LogP contribution in [-0.4, -0.2) is 11.1 Å². The van der Waals surface area contributed by atoms with Crippen LogP contribution in [0.2, 0.25) is 0 Å². The molecule has 2 atom stereocenters. The Kier molecular flexibility index (Phi) is 2.78. The van der Waals surface area contributed by atoms with Crippen molar-refractivity contribution in [3.63, 3.8) is 0 Å². The van der Waals surface area contributed by atoms with Crippen LogP contribution in [0, 0.1) is 5.41 Å². The molecule has 72 valence electrons. The van der Waals surface area contributed by atoms with Crippen LogP contribution in [0.4, 0.5) is 4.20 Å². The molecule has 0 saturated carbocycles. The summed E-state index contributed by atoms with van der Waals surface area (Å²) >= 11 is 11.2. The lowest BCUT2D eigenvalue weighted by Gasteiger charge is -2.38. The Morgan fingerprint density at radius 2 is 1.67 bits per heavy atom. The molecule has 1 saturated heterocycles. The third-order valence-corrected chi connectivity index (χ3v) is 4.08. The first-order chi connectivity index (χ1) is 5.26. The van der Waals surface area contributed by atoms with Gasteiger partial charge in [0, 0.05) is 5.41 Å². The summed E-state index contributed by atoms with van der Waals surface area (Å²) in [5, 5.41) is 0. The van der Waals surface area contributed by atoms with Crippen molar-refractivity contribution >= 4 is 31.1 Å². The van der Waals surface area contributed by atoms with Gasteiger partial charge in [0.05, 0.1) is 0 Å². The largest absolute Gasteiger partial charge is 0.516 e. The minimum absolute atomic E-state index is 0.775. The first kappa shape index (κ1) is 10.7. The van der Waals surface area contributed by atoms with Gasteiger partial charge in [-0.1, -0.05) is 37.0 Å². The van der Waals surface area contributed by atoms with Crippen LogP contribution in [-0.2, 0) is 13.6 Å². The number of rotatable bonds is 0. The van der Waals surface area contributed by atoms with Gasteiger partial charge >= 0.3 is 7.91 Å². The fourth-order valence-electron chi connectivity index (χ4n) is 0.621. The summed E-state index contributed by atoms with van der Waals surface area (Å²) in [5.41, 5.74) is -2.88. The quantitative estimate of drug-likeness (QED) is 0.479. The molecule has 0 aromatic rings. The second-order valence-electron chi connectivity index (χ2n) is 3.09. The molecular weight excluding hydrogens is 229 g/mol. The standard InChI is InChI=1S/C5H8Cl2FO3P/c1-5(2)3(6)10-12(8,9)11-4(5)7/h3-4H,1-2H3. The van der Waals surface area contributed by atoms with Gasteiger partial charge in [-0.05, 0) is 0 Å². The average molecular weight is 237 g/mol. The molecule has 0 N–H and O–H groups in total. The van der Waals surface area contributed by atoms with Crippen molar-refractivity contribution in [3.05, 3.63) is 0 Å². The Balaban J connectivity index is 2.85. The highest BCUT2D eigenvalue weighted by molar-refractivity contribution is 7.48. The van der Waals surface area contributed by atoms with Gasteiger partial charge in [0.2, 0.25) is 0 Å². The Hall–Kier alpha value is 0.660. The maximum absolute atomic E-state index is 12.7. The summed E-state index contributed by atoms with van der Waals surface area (Å²) in [6, 6.07) is 0. The monoisotopic (exact) mass is 236 g/mol. The minimum Gasteiger partial charge on any atom is -0.263 e. The van der Waals surface area contributed by atoms with Gasteiger partial charge in [0.1, 0.15) is 0 Å². The summed E-state index contributed by atoms with van der Waals surface area (Å²) in [7, 11) is -4.54. The van der Waals surface area contributed by atoms with E-state index in [9.17, 15) is 8.76 Å². The van der Waals surface area contributed by atoms with Crippen LogP contribution in [0.5, 0.6) is 0 Å². The lowest BCUT2D eigenvalue weighted by atomic mass is 9.96. The molecular formula is C5H8Cl2FO3P. The van der Waals surface area contributed by atoms with E-state index in [0.29, 0.717) is 0 Å². The fraction of sp³-hybridized carbons (Fsp3) is 1.00. The lowest BCUT2D eigenvalue weighted by molar-refractivity contribution is -0.0167. The maximum atomic E-state index is 12.7. The minimum atomic E-state index is -4.54. The van der Waals surface area contributed by atoms with Gasteiger partial charge in [-0.3, -0.25) is 9.05 Å². The van der Waals surface area contributed by atoms with E-state index in [1.807, 2.05) is 0 Å². The van der Waals surface area contributed by atoms with Crippen molar-refractivity contribution in [2.45, 2.75) is 25.0 Å². The van der Waals surface area contributed by atoms with Crippen molar-refractivity contribution in [2.75, 3.05) is 0 Å². The van der Waals surface area contributed by atoms with E-state index < -0.39 is 24.4 Å². The highest BCUT2D eigenvalue weighted by Crippen LogP contribution is 2.61. The zero-order valence-corrected chi connectivity index (χ0v) is 8.87. The Bertz CT molecular complexity index is 217. The van der Waals surface area contributed by atoms with Crippen molar-refractivity contribution in [2.24, 2.45) is 5.41 Å². The van der Waals surface area contributed by atoms with Crippen LogP contribution in [0.25, 0.3) is 0 Å². The Morgan fingerprint density at radius 1 is 1.33 bits per heavy atom. The molecule has 1 heterocycles. The van der Waals surface area contributed by atoms with E-state index in [2.05, 4.69) is 9.05 Å². The van der Waals surface area contributed by atoms with E-state index in [1.54, 1.807) is 13.8 Å². The summed E-state index contributed by atoms with van der Waals surface area (Å²) in [5.74, 6) is 0. The second kappa shape index (κ2) is 3.10. The smallest absolute Gasteiger partial charge is 0.263 e. The summed E-state index contributed by atoms with van der Waals surface area (Å²) < 4.78 is 31.9. The molecule has 12 heavy (non-hydrogen) atoms. The molecule has 3 nitrogen and oxygen atoms in total. The topological polar surface area (TPSA) is 35.5 Å². The molecule has 2 unspecified atom stereocenters. The molecule has 1 rings (SSSR count). The van der Waals surface area contributed by atoms with Crippen molar-refractivity contribution in [3.8, 4) is 0 Å². The van der Waals surface area contributed by atoms with Gasteiger partial charge in [-0.15, -0.1) is 4.20 Å². The van der Waals surface area contributed by atoms with Gasteiger partial charge in [-0.25, -0.2) is 4.57 Å². The van der Waals surface area contributed by atoms with E-state index in [0.717, 1.165) is 0 Å². The molecule has 0 radical (unpaired) electrons. The normalized spacial score (nSPS) is 47.4. The molecule has 0 amide bonds. The van der Waals surface area contributed by atoms with E-state index >= 15 is 0 Å². The predicted octanol–water partition coefficient (Wildman–Crippen LogP) is 3.27. The number of alkyl halides is 2. The molecule has 1 fully saturated rings. The number of hydrogen-bond donors (Lipinski definition) is 0. The van der Waals surface area contributed by atoms with Crippen molar-refractivity contribution < 1.29 is 17.8 Å². The lowest BCUT2D eigenvalue weighted by Crippen LogP contribution is -2.40. The predicted molar refractivity (Wildman–Crippen MR) is 43.9 cm³/mol. The highest BCUT2D eigenvalue weighted by atomic mass is 35.5. The number of halogens is 3. The molecule has 0 aromatic carbocycles. The van der Waals surface area contributed by atoms with Crippen molar-refractivity contribution in [1.82, 2.24) is 0 Å². The van der Waals surface area contributed by atoms with Crippen LogP contribution in [0.1, 0.15) is 13.8 Å². The molecule has 7 heteroatoms. The Labute approximate surface area is 79.8 Å². The Morgan fingerprint density at radius 3 is 2.00 bits per heavy atom. The van der Waals surface area contributed by atoms with Gasteiger partial charge < -0.3 is 0 Å². The summed E-state index contributed by atoms with van der Waals surface area (Å²) in [6.45, 7) is 3.25. The fourth-order valence-corrected chi connectivity index (χ4v) is 2.52. The molecule has 0 aromatic heterocycles. The zero-order chi connectivity index (χ0) is 9.57. The van der Waals surface area contributed by atoms with Crippen molar-refractivity contribution in [1.29, 1.82) is 0 Å². The van der Waals surface area contributed by atoms with Crippen LogP contribution in [0.15, 0.2) is 0 Å². The van der Waals surface area contributed by atoms with Crippen LogP contribution >= 0.6 is 31.1 Å². The zero-order valence-electron chi connectivity index (χ0n) is 6.46. The first-order valence-corrected chi connectivity index (χ1v) is 5.51. The van der Waals surface area contributed by atoms with E-state index in [-0.39, 0.29) is 0 Å². The van der Waals surface area contributed by atoms with Crippen LogP contribution in [0.3, 0.4) is 0 Å². The molecule has 0 spiro atoms. The second-order valence-corrected chi connectivity index (χ2v) is 5.17. The maximum Gasteiger partial charge on any atom is 0.516 e. The van der Waals surface area contributed by atoms with Gasteiger partial charge in [0.25, 0.3) is 0 Å².